The maximum atomic E-state index is 5.23. The zero-order valence-corrected chi connectivity index (χ0v) is 13.3. The lowest BCUT2D eigenvalue weighted by atomic mass is 10.1. The van der Waals surface area contributed by atoms with E-state index in [0.29, 0.717) is 11.3 Å². The Kier molecular flexibility index (Phi) is 4.51. The van der Waals surface area contributed by atoms with Gasteiger partial charge in [0.15, 0.2) is 0 Å². The lowest BCUT2D eigenvalue weighted by molar-refractivity contribution is 0.414. The first-order chi connectivity index (χ1) is 10.3. The van der Waals surface area contributed by atoms with Gasteiger partial charge in [-0.15, -0.1) is 11.8 Å². The molecule has 0 radical (unpaired) electrons. The van der Waals surface area contributed by atoms with E-state index in [9.17, 15) is 0 Å². The molecule has 1 aliphatic rings. The van der Waals surface area contributed by atoms with Crippen LogP contribution in [-0.2, 0) is 6.42 Å². The molecule has 2 nitrogen and oxygen atoms in total. The number of benzene rings is 2. The molecule has 0 heterocycles. The standard InChI is InChI=1S/C18H21NOS/c1-3-19-18-16-7-5-4-6-13(16)12-17(18)21-15-10-8-14(20-2)9-11-15/h4-11,17-19H,3,12H2,1-2H3. The van der Waals surface area contributed by atoms with Gasteiger partial charge in [0.2, 0.25) is 0 Å². The average molecular weight is 299 g/mol. The van der Waals surface area contributed by atoms with E-state index in [4.69, 9.17) is 4.74 Å². The predicted molar refractivity (Wildman–Crippen MR) is 89.2 cm³/mol. The van der Waals surface area contributed by atoms with Crippen molar-refractivity contribution in [3.8, 4) is 5.75 Å². The summed E-state index contributed by atoms with van der Waals surface area (Å²) in [4.78, 5) is 1.30. The molecule has 2 atom stereocenters. The second-order valence-electron chi connectivity index (χ2n) is 5.27. The van der Waals surface area contributed by atoms with Crippen LogP contribution in [0.4, 0.5) is 0 Å². The van der Waals surface area contributed by atoms with E-state index in [1.165, 1.54) is 16.0 Å². The zero-order valence-electron chi connectivity index (χ0n) is 12.5. The second kappa shape index (κ2) is 6.54. The Labute approximate surface area is 130 Å². The molecule has 0 amide bonds. The molecule has 0 fully saturated rings. The SMILES string of the molecule is CCNC1c2ccccc2CC1Sc1ccc(OC)cc1. The highest BCUT2D eigenvalue weighted by atomic mass is 32.2. The lowest BCUT2D eigenvalue weighted by Gasteiger charge is -2.21. The van der Waals surface area contributed by atoms with Crippen LogP contribution in [0.1, 0.15) is 24.1 Å². The highest BCUT2D eigenvalue weighted by Crippen LogP contribution is 2.41. The molecule has 3 rings (SSSR count). The third kappa shape index (κ3) is 3.09. The first-order valence-electron chi connectivity index (χ1n) is 7.43. The smallest absolute Gasteiger partial charge is 0.118 e. The fourth-order valence-electron chi connectivity index (χ4n) is 2.96. The normalized spacial score (nSPS) is 20.3. The van der Waals surface area contributed by atoms with E-state index in [1.54, 1.807) is 7.11 Å². The zero-order chi connectivity index (χ0) is 14.7. The number of rotatable bonds is 5. The molecular formula is C18H21NOS. The van der Waals surface area contributed by atoms with Crippen LogP contribution in [0.25, 0.3) is 0 Å². The maximum Gasteiger partial charge on any atom is 0.118 e. The van der Waals surface area contributed by atoms with Gasteiger partial charge in [0.25, 0.3) is 0 Å². The summed E-state index contributed by atoms with van der Waals surface area (Å²) >= 11 is 1.96. The van der Waals surface area contributed by atoms with E-state index < -0.39 is 0 Å². The van der Waals surface area contributed by atoms with Crippen molar-refractivity contribution in [2.24, 2.45) is 0 Å². The number of hydrogen-bond acceptors (Lipinski definition) is 3. The number of thioether (sulfide) groups is 1. The summed E-state index contributed by atoms with van der Waals surface area (Å²) in [6.45, 7) is 3.18. The highest BCUT2D eigenvalue weighted by Gasteiger charge is 2.32. The van der Waals surface area contributed by atoms with Crippen LogP contribution in [0.3, 0.4) is 0 Å². The van der Waals surface area contributed by atoms with Gasteiger partial charge in [-0.2, -0.15) is 0 Å². The average Bonchev–Trinajstić information content (AvgIpc) is 2.86. The molecule has 110 valence electrons. The Hall–Kier alpha value is -1.45. The van der Waals surface area contributed by atoms with Crippen LogP contribution in [0.2, 0.25) is 0 Å². The molecule has 0 saturated carbocycles. The van der Waals surface area contributed by atoms with Crippen LogP contribution >= 0.6 is 11.8 Å². The Morgan fingerprint density at radius 2 is 1.90 bits per heavy atom. The molecule has 0 spiro atoms. The van der Waals surface area contributed by atoms with Crippen molar-refractivity contribution in [1.82, 2.24) is 5.32 Å². The molecule has 2 unspecified atom stereocenters. The third-order valence-electron chi connectivity index (χ3n) is 3.95. The minimum atomic E-state index is 0.443. The Morgan fingerprint density at radius 3 is 2.62 bits per heavy atom. The van der Waals surface area contributed by atoms with Gasteiger partial charge in [0.1, 0.15) is 5.75 Å². The minimum absolute atomic E-state index is 0.443. The summed E-state index contributed by atoms with van der Waals surface area (Å²) in [6.07, 6.45) is 1.13. The number of methoxy groups -OCH3 is 1. The minimum Gasteiger partial charge on any atom is -0.497 e. The number of hydrogen-bond donors (Lipinski definition) is 1. The van der Waals surface area contributed by atoms with Gasteiger partial charge >= 0.3 is 0 Å². The summed E-state index contributed by atoms with van der Waals surface area (Å²) in [5.41, 5.74) is 2.94. The van der Waals surface area contributed by atoms with Gasteiger partial charge in [0.05, 0.1) is 7.11 Å². The summed E-state index contributed by atoms with van der Waals surface area (Å²) in [7, 11) is 1.71. The Bertz CT molecular complexity index is 596. The molecule has 2 aromatic carbocycles. The molecule has 0 saturated heterocycles. The highest BCUT2D eigenvalue weighted by molar-refractivity contribution is 8.00. The second-order valence-corrected chi connectivity index (χ2v) is 6.58. The summed E-state index contributed by atoms with van der Waals surface area (Å²) in [5.74, 6) is 0.914. The van der Waals surface area contributed by atoms with Gasteiger partial charge in [0, 0.05) is 16.2 Å². The van der Waals surface area contributed by atoms with Crippen molar-refractivity contribution in [2.45, 2.75) is 29.5 Å². The monoisotopic (exact) mass is 299 g/mol. The molecule has 2 aromatic rings. The third-order valence-corrected chi connectivity index (χ3v) is 5.24. The maximum absolute atomic E-state index is 5.23. The lowest BCUT2D eigenvalue weighted by Crippen LogP contribution is -2.26. The predicted octanol–water partition coefficient (Wildman–Crippen LogP) is 4.06. The van der Waals surface area contributed by atoms with E-state index in [0.717, 1.165) is 18.7 Å². The molecular weight excluding hydrogens is 278 g/mol. The van der Waals surface area contributed by atoms with E-state index >= 15 is 0 Å². The number of ether oxygens (including phenoxy) is 1. The molecule has 0 aromatic heterocycles. The molecule has 3 heteroatoms. The van der Waals surface area contributed by atoms with E-state index in [1.807, 2.05) is 23.9 Å². The van der Waals surface area contributed by atoms with Gasteiger partial charge in [-0.1, -0.05) is 31.2 Å². The molecule has 1 N–H and O–H groups in total. The van der Waals surface area contributed by atoms with Crippen molar-refractivity contribution in [2.75, 3.05) is 13.7 Å². The molecule has 1 aliphatic carbocycles. The van der Waals surface area contributed by atoms with Crippen molar-refractivity contribution in [1.29, 1.82) is 0 Å². The summed E-state index contributed by atoms with van der Waals surface area (Å²) in [6, 6.07) is 17.6. The fourth-order valence-corrected chi connectivity index (χ4v) is 4.24. The van der Waals surface area contributed by atoms with Gasteiger partial charge < -0.3 is 10.1 Å². The van der Waals surface area contributed by atoms with Gasteiger partial charge in [-0.05, 0) is 48.4 Å². The molecule has 0 aliphatic heterocycles. The van der Waals surface area contributed by atoms with Crippen LogP contribution in [-0.4, -0.2) is 18.9 Å². The topological polar surface area (TPSA) is 21.3 Å². The van der Waals surface area contributed by atoms with E-state index in [2.05, 4.69) is 48.6 Å². The first-order valence-corrected chi connectivity index (χ1v) is 8.31. The van der Waals surface area contributed by atoms with Crippen LogP contribution in [0.15, 0.2) is 53.4 Å². The number of nitrogens with one attached hydrogen (secondary N) is 1. The van der Waals surface area contributed by atoms with Crippen molar-refractivity contribution >= 4 is 11.8 Å². The first kappa shape index (κ1) is 14.5. The summed E-state index contributed by atoms with van der Waals surface area (Å²) in [5, 5.41) is 4.20. The largest absolute Gasteiger partial charge is 0.497 e. The van der Waals surface area contributed by atoms with Crippen molar-refractivity contribution < 1.29 is 4.74 Å². The van der Waals surface area contributed by atoms with Gasteiger partial charge in [-0.25, -0.2) is 0 Å². The Balaban J connectivity index is 1.78. The van der Waals surface area contributed by atoms with Crippen molar-refractivity contribution in [3.05, 3.63) is 59.7 Å². The molecule has 0 bridgehead atoms. The Morgan fingerprint density at radius 1 is 1.14 bits per heavy atom. The summed E-state index contributed by atoms with van der Waals surface area (Å²) < 4.78 is 5.23. The fraction of sp³-hybridized carbons (Fsp3) is 0.333. The quantitative estimate of drug-likeness (QED) is 0.899. The van der Waals surface area contributed by atoms with Crippen LogP contribution < -0.4 is 10.1 Å². The van der Waals surface area contributed by atoms with Gasteiger partial charge in [-0.3, -0.25) is 0 Å². The van der Waals surface area contributed by atoms with Crippen LogP contribution in [0, 0.1) is 0 Å². The number of fused-ring (bicyclic) bond motifs is 1. The molecule has 21 heavy (non-hydrogen) atoms. The van der Waals surface area contributed by atoms with E-state index in [-0.39, 0.29) is 0 Å². The van der Waals surface area contributed by atoms with Crippen LogP contribution in [0.5, 0.6) is 5.75 Å². The van der Waals surface area contributed by atoms with Crippen molar-refractivity contribution in [3.63, 3.8) is 0 Å².